The van der Waals surface area contributed by atoms with Crippen molar-refractivity contribution < 1.29 is 62.4 Å². The number of piperidine rings is 1. The van der Waals surface area contributed by atoms with Crippen LogP contribution in [-0.2, 0) is 53.5 Å². The Morgan fingerprint density at radius 2 is 1.22 bits per heavy atom. The number of amides is 3. The third-order valence-electron chi connectivity index (χ3n) is 12.0. The van der Waals surface area contributed by atoms with Gasteiger partial charge in [0.05, 0.1) is 88.5 Å². The molecule has 0 radical (unpaired) electrons. The first-order valence-electron chi connectivity index (χ1n) is 22.5. The van der Waals surface area contributed by atoms with E-state index in [9.17, 15) is 40.0 Å². The summed E-state index contributed by atoms with van der Waals surface area (Å²) in [5.41, 5.74) is 12.5. The molecule has 0 aliphatic carbocycles. The fourth-order valence-electron chi connectivity index (χ4n) is 8.47. The number of fused-ring (bicyclic) bond motifs is 2. The molecule has 3 aliphatic rings. The van der Waals surface area contributed by atoms with Gasteiger partial charge in [0.2, 0.25) is 23.6 Å². The number of carbonyl (C=O) groups excluding carboxylic acids is 3. The van der Waals surface area contributed by atoms with Crippen LogP contribution in [0.2, 0.25) is 10.0 Å². The molecule has 2 aromatic heterocycles. The number of hydrogen-bond donors (Lipinski definition) is 2. The topological polar surface area (TPSA) is 268 Å². The van der Waals surface area contributed by atoms with E-state index in [1.54, 1.807) is 48.5 Å². The normalized spacial score (nSPS) is 20.0. The molecule has 3 aliphatic heterocycles. The van der Waals surface area contributed by atoms with Crippen LogP contribution in [-0.4, -0.2) is 110 Å². The summed E-state index contributed by atoms with van der Waals surface area (Å²) in [5, 5.41) is 16.4. The molecule has 3 atom stereocenters. The second kappa shape index (κ2) is 21.0. The van der Waals surface area contributed by atoms with Crippen LogP contribution in [0.25, 0.3) is 22.9 Å². The third-order valence-corrected chi connectivity index (χ3v) is 16.1. The van der Waals surface area contributed by atoms with Gasteiger partial charge in [-0.3, -0.25) is 9.59 Å². The van der Waals surface area contributed by atoms with E-state index in [2.05, 4.69) is 25.1 Å². The maximum absolute atomic E-state index is 15.4. The highest BCUT2D eigenvalue weighted by Crippen LogP contribution is 2.41. The van der Waals surface area contributed by atoms with E-state index >= 15 is 8.78 Å². The predicted molar refractivity (Wildman–Crippen MR) is 260 cm³/mol. The molecule has 0 bridgehead atoms. The molecule has 9 rings (SSSR count). The van der Waals surface area contributed by atoms with E-state index in [0.717, 1.165) is 35.1 Å². The number of aromatic nitrogens is 4. The van der Waals surface area contributed by atoms with Gasteiger partial charge in [0, 0.05) is 29.4 Å². The Bertz CT molecular complexity index is 3370. The molecule has 19 nitrogen and oxygen atoms in total. The molecular formula is C47H45Cl2F4N9O10S2. The first kappa shape index (κ1) is 53.8. The molecule has 27 heteroatoms. The summed E-state index contributed by atoms with van der Waals surface area (Å²) in [5.74, 6) is -9.25. The molecule has 1 unspecified atom stereocenters. The molecule has 1 saturated heterocycles. The molecule has 0 spiro atoms. The summed E-state index contributed by atoms with van der Waals surface area (Å²) >= 11 is 11.9. The molecule has 392 valence electrons. The first-order chi connectivity index (χ1) is 34.8. The molecule has 0 saturated carbocycles. The fourth-order valence-corrected chi connectivity index (χ4v) is 11.9. The smallest absolute Gasteiger partial charge is 0.409 e. The van der Waals surface area contributed by atoms with E-state index in [1.807, 2.05) is 13.8 Å². The van der Waals surface area contributed by atoms with Gasteiger partial charge in [-0.05, 0) is 65.6 Å². The number of alkyl halides is 2. The van der Waals surface area contributed by atoms with Crippen LogP contribution >= 0.6 is 23.2 Å². The number of likely N-dealkylation sites (tertiary alicyclic amines) is 1. The number of benzene rings is 4. The molecular weight excluding hydrogens is 1060 g/mol. The minimum Gasteiger partial charge on any atom is -0.453 e. The number of nitrogens with two attached hydrogens (primary N) is 2. The van der Waals surface area contributed by atoms with E-state index in [0.29, 0.717) is 33.5 Å². The number of nitrogens with zero attached hydrogens (tertiary/aromatic N) is 7. The van der Waals surface area contributed by atoms with Crippen LogP contribution in [0.15, 0.2) is 91.4 Å². The van der Waals surface area contributed by atoms with Crippen molar-refractivity contribution in [1.29, 1.82) is 0 Å². The molecule has 74 heavy (non-hydrogen) atoms. The van der Waals surface area contributed by atoms with Gasteiger partial charge in [-0.25, -0.2) is 39.2 Å². The number of sulfone groups is 2. The lowest BCUT2D eigenvalue weighted by molar-refractivity contribution is -0.120. The lowest BCUT2D eigenvalue weighted by Crippen LogP contribution is -2.48. The van der Waals surface area contributed by atoms with Gasteiger partial charge in [0.15, 0.2) is 19.7 Å². The summed E-state index contributed by atoms with van der Waals surface area (Å²) in [4.78, 5) is 40.6. The first-order valence-corrected chi connectivity index (χ1v) is 26.5. The summed E-state index contributed by atoms with van der Waals surface area (Å²) in [7, 11) is -7.18. The number of anilines is 2. The number of rotatable bonds is 9. The summed E-state index contributed by atoms with van der Waals surface area (Å²) in [6.07, 6.45) is -1.17. The van der Waals surface area contributed by atoms with Crippen LogP contribution in [0.5, 0.6) is 0 Å². The number of hydrogen-bond acceptors (Lipinski definition) is 16. The Morgan fingerprint density at radius 1 is 0.757 bits per heavy atom. The Hall–Kier alpha value is -6.51. The highest BCUT2D eigenvalue weighted by atomic mass is 35.5. The van der Waals surface area contributed by atoms with Gasteiger partial charge < -0.3 is 39.7 Å². The monoisotopic (exact) mass is 1110 g/mol. The summed E-state index contributed by atoms with van der Waals surface area (Å²) in [6, 6.07) is 14.4. The van der Waals surface area contributed by atoms with Gasteiger partial charge in [0.25, 0.3) is 17.7 Å². The van der Waals surface area contributed by atoms with Gasteiger partial charge >= 0.3 is 6.09 Å². The van der Waals surface area contributed by atoms with Gasteiger partial charge in [-0.1, -0.05) is 61.3 Å². The zero-order valence-corrected chi connectivity index (χ0v) is 42.5. The number of carbonyl (C=O) groups is 3. The lowest BCUT2D eigenvalue weighted by atomic mass is 9.95. The highest BCUT2D eigenvalue weighted by Gasteiger charge is 2.45. The highest BCUT2D eigenvalue weighted by molar-refractivity contribution is 7.92. The van der Waals surface area contributed by atoms with Crippen LogP contribution < -0.4 is 21.3 Å². The standard InChI is InChI=1S/C25H23ClF3N5O6S.C22H22ClFN4O4S/c1-39-24(36)33-10-14(8-25(28,29)12-33)21-31-32-22(40-21)16-6-19-20(7-17(16)27)41(37,38)11-18(30)23(35)34(19)9-13-2-4-15(26)5-3-13;1-12(2)7-20-26-27-21(32-20)15-8-18-19(9-16(15)24)33(30,31)11-17(25)22(29)28(18)10-13-3-5-14(23)6-4-13/h2-7,14,18H,8-12,30H2,1H3;3-6,8-9,12,17H,7,10-11,25H2,1-2H3/t14?,18-;17-/m00/s1. The Morgan fingerprint density at radius 3 is 1.68 bits per heavy atom. The number of halogens is 6. The molecule has 1 fully saturated rings. The number of methoxy groups -OCH3 is 1. The largest absolute Gasteiger partial charge is 0.453 e. The zero-order valence-electron chi connectivity index (χ0n) is 39.3. The SMILES string of the molecule is CC(C)Cc1nnc(-c2cc3c(cc2F)S(=O)(=O)C[C@H](N)C(=O)N3Cc2ccc(Cl)cc2)o1.COC(=O)N1CC(c2nnc(-c3cc4c(cc3F)S(=O)(=O)C[C@H](N)C(=O)N4Cc3ccc(Cl)cc3)o2)CC(F)(F)C1. The van der Waals surface area contributed by atoms with E-state index in [1.165, 1.54) is 11.0 Å². The van der Waals surface area contributed by atoms with Crippen LogP contribution in [0.4, 0.5) is 33.7 Å². The average Bonchev–Trinajstić information content (AvgIpc) is 4.00. The summed E-state index contributed by atoms with van der Waals surface area (Å²) in [6.45, 7) is 2.77. The van der Waals surface area contributed by atoms with Crippen LogP contribution in [0.3, 0.4) is 0 Å². The van der Waals surface area contributed by atoms with E-state index in [-0.39, 0.29) is 64.7 Å². The maximum atomic E-state index is 15.4. The van der Waals surface area contributed by atoms with Crippen LogP contribution in [0, 0.1) is 17.6 Å². The molecule has 6 aromatic rings. The quantitative estimate of drug-likeness (QED) is 0.142. The molecule has 4 N–H and O–H groups in total. The third kappa shape index (κ3) is 11.6. The molecule has 3 amide bonds. The van der Waals surface area contributed by atoms with Crippen molar-refractivity contribution in [3.8, 4) is 22.9 Å². The fraction of sp³-hybridized carbons (Fsp3) is 0.340. The summed E-state index contributed by atoms with van der Waals surface area (Å²) < 4.78 is 127. The van der Waals surface area contributed by atoms with Crippen molar-refractivity contribution in [2.75, 3.05) is 41.5 Å². The Balaban J connectivity index is 0.000000202. The molecule has 5 heterocycles. The van der Waals surface area contributed by atoms with Gasteiger partial charge in [-0.2, -0.15) is 0 Å². The average molecular weight is 1110 g/mol. The van der Waals surface area contributed by atoms with Crippen molar-refractivity contribution >= 4 is 72.2 Å². The lowest BCUT2D eigenvalue weighted by Gasteiger charge is -2.35. The minimum atomic E-state index is -4.20. The minimum absolute atomic E-state index is 0.00269. The van der Waals surface area contributed by atoms with Gasteiger partial charge in [-0.15, -0.1) is 20.4 Å². The predicted octanol–water partition coefficient (Wildman–Crippen LogP) is 6.74. The molecule has 4 aromatic carbocycles. The second-order valence-electron chi connectivity index (χ2n) is 18.1. The van der Waals surface area contributed by atoms with E-state index < -0.39 is 108 Å². The maximum Gasteiger partial charge on any atom is 0.409 e. The number of ether oxygens (including phenoxy) is 1. The van der Waals surface area contributed by atoms with Crippen molar-refractivity contribution in [3.05, 3.63) is 117 Å². The van der Waals surface area contributed by atoms with E-state index in [4.69, 9.17) is 43.5 Å². The van der Waals surface area contributed by atoms with Crippen LogP contribution in [0.1, 0.15) is 49.1 Å². The zero-order chi connectivity index (χ0) is 53.6. The Kier molecular flexibility index (Phi) is 15.3. The second-order valence-corrected chi connectivity index (χ2v) is 23.0. The van der Waals surface area contributed by atoms with Crippen molar-refractivity contribution in [2.24, 2.45) is 17.4 Å². The van der Waals surface area contributed by atoms with Gasteiger partial charge in [0.1, 0.15) is 11.6 Å². The van der Waals surface area contributed by atoms with Crippen molar-refractivity contribution in [1.82, 2.24) is 25.3 Å². The Labute approximate surface area is 430 Å². The van der Waals surface area contributed by atoms with Crippen molar-refractivity contribution in [3.63, 3.8) is 0 Å². The van der Waals surface area contributed by atoms with Crippen molar-refractivity contribution in [2.45, 2.75) is 73.5 Å².